The van der Waals surface area contributed by atoms with Crippen LogP contribution in [0.5, 0.6) is 17.2 Å². The number of nitrogens with zero attached hydrogens (tertiary/aromatic N) is 1. The molecule has 0 N–H and O–H groups in total. The SMILES string of the molecule is CC(C)CN(Cc1c(OC(=O)C=Cc2ccccc2Cl)ccc2c(=O)c(Oc3ccc(Cl)cc3)c(C(F)(F)F)oc12)CC(C)C. The van der Waals surface area contributed by atoms with Crippen molar-refractivity contribution >= 4 is 46.2 Å². The normalized spacial score (nSPS) is 12.2. The Bertz CT molecular complexity index is 1740. The van der Waals surface area contributed by atoms with Crippen molar-refractivity contribution in [3.8, 4) is 17.2 Å². The van der Waals surface area contributed by atoms with Crippen LogP contribution in [0, 0.1) is 11.8 Å². The van der Waals surface area contributed by atoms with Gasteiger partial charge in [0, 0.05) is 35.8 Å². The summed E-state index contributed by atoms with van der Waals surface area (Å²) in [5.74, 6) is -3.09. The van der Waals surface area contributed by atoms with Crippen molar-refractivity contribution in [2.75, 3.05) is 13.1 Å². The molecule has 0 spiro atoms. The van der Waals surface area contributed by atoms with Gasteiger partial charge in [-0.3, -0.25) is 9.69 Å². The molecule has 1 aromatic heterocycles. The van der Waals surface area contributed by atoms with E-state index in [1.165, 1.54) is 42.5 Å². The lowest BCUT2D eigenvalue weighted by molar-refractivity contribution is -0.154. The lowest BCUT2D eigenvalue weighted by atomic mass is 10.1. The van der Waals surface area contributed by atoms with Gasteiger partial charge in [-0.25, -0.2) is 4.79 Å². The van der Waals surface area contributed by atoms with E-state index in [9.17, 15) is 22.8 Å². The van der Waals surface area contributed by atoms with Crippen LogP contribution in [0.4, 0.5) is 13.2 Å². The zero-order valence-corrected chi connectivity index (χ0v) is 26.6. The summed E-state index contributed by atoms with van der Waals surface area (Å²) in [4.78, 5) is 28.6. The maximum absolute atomic E-state index is 14.4. The fourth-order valence-electron chi connectivity index (χ4n) is 4.79. The number of carbonyl (C=O) groups excluding carboxylic acids is 1. The first kappa shape index (κ1) is 34.1. The summed E-state index contributed by atoms with van der Waals surface area (Å²) in [6, 6.07) is 15.0. The predicted octanol–water partition coefficient (Wildman–Crippen LogP) is 9.64. The molecule has 0 unspecified atom stereocenters. The van der Waals surface area contributed by atoms with Crippen LogP contribution in [0.3, 0.4) is 0 Å². The van der Waals surface area contributed by atoms with Gasteiger partial charge in [0.2, 0.25) is 11.2 Å². The molecule has 0 amide bonds. The lowest BCUT2D eigenvalue weighted by Crippen LogP contribution is -2.31. The number of ether oxygens (including phenoxy) is 2. The monoisotopic (exact) mass is 661 g/mol. The van der Waals surface area contributed by atoms with Crippen LogP contribution in [0.25, 0.3) is 17.0 Å². The number of carbonyl (C=O) groups is 1. The second-order valence-corrected chi connectivity index (χ2v) is 12.2. The van der Waals surface area contributed by atoms with Gasteiger partial charge in [-0.05, 0) is 65.9 Å². The number of rotatable bonds is 11. The second-order valence-electron chi connectivity index (χ2n) is 11.3. The van der Waals surface area contributed by atoms with Crippen molar-refractivity contribution in [3.05, 3.63) is 104 Å². The highest BCUT2D eigenvalue weighted by Crippen LogP contribution is 2.40. The molecule has 0 atom stereocenters. The Kier molecular flexibility index (Phi) is 11.0. The summed E-state index contributed by atoms with van der Waals surface area (Å²) in [5, 5.41) is 0.594. The average molecular weight is 663 g/mol. The third-order valence-electron chi connectivity index (χ3n) is 6.51. The van der Waals surface area contributed by atoms with Gasteiger partial charge in [0.1, 0.15) is 17.1 Å². The van der Waals surface area contributed by atoms with E-state index in [0.29, 0.717) is 28.7 Å². The van der Waals surface area contributed by atoms with Gasteiger partial charge in [-0.1, -0.05) is 69.1 Å². The first-order chi connectivity index (χ1) is 21.2. The van der Waals surface area contributed by atoms with Gasteiger partial charge in [0.05, 0.1) is 10.9 Å². The summed E-state index contributed by atoms with van der Waals surface area (Å²) < 4.78 is 59.8. The quantitative estimate of drug-likeness (QED) is 0.0905. The van der Waals surface area contributed by atoms with Crippen LogP contribution in [0.1, 0.15) is 44.6 Å². The van der Waals surface area contributed by atoms with Crippen molar-refractivity contribution in [1.82, 2.24) is 4.90 Å². The summed E-state index contributed by atoms with van der Waals surface area (Å²) in [6.07, 6.45) is -2.46. The van der Waals surface area contributed by atoms with Crippen molar-refractivity contribution in [1.29, 1.82) is 0 Å². The summed E-state index contributed by atoms with van der Waals surface area (Å²) in [6.45, 7) is 9.27. The number of hydrogen-bond donors (Lipinski definition) is 0. The van der Waals surface area contributed by atoms with Gasteiger partial charge in [0.15, 0.2) is 0 Å². The van der Waals surface area contributed by atoms with E-state index in [1.807, 2.05) is 32.6 Å². The summed E-state index contributed by atoms with van der Waals surface area (Å²) in [7, 11) is 0. The Labute approximate surface area is 268 Å². The van der Waals surface area contributed by atoms with E-state index < -0.39 is 29.1 Å². The average Bonchev–Trinajstić information content (AvgIpc) is 2.95. The molecule has 0 aliphatic rings. The Hall–Kier alpha value is -3.79. The topological polar surface area (TPSA) is 69.0 Å². The maximum atomic E-state index is 14.4. The van der Waals surface area contributed by atoms with Gasteiger partial charge < -0.3 is 13.9 Å². The summed E-state index contributed by atoms with van der Waals surface area (Å²) >= 11 is 12.1. The zero-order valence-electron chi connectivity index (χ0n) is 25.1. The first-order valence-electron chi connectivity index (χ1n) is 14.2. The van der Waals surface area contributed by atoms with Crippen LogP contribution in [0.15, 0.2) is 76.0 Å². The van der Waals surface area contributed by atoms with E-state index in [2.05, 4.69) is 0 Å². The molecule has 0 aliphatic heterocycles. The number of hydrogen-bond acceptors (Lipinski definition) is 6. The highest BCUT2D eigenvalue weighted by atomic mass is 35.5. The Morgan fingerprint density at radius 1 is 0.956 bits per heavy atom. The molecule has 3 aromatic carbocycles. The molecule has 0 saturated carbocycles. The maximum Gasteiger partial charge on any atom is 0.453 e. The fourth-order valence-corrected chi connectivity index (χ4v) is 5.12. The lowest BCUT2D eigenvalue weighted by Gasteiger charge is -2.27. The van der Waals surface area contributed by atoms with Crippen LogP contribution in [-0.2, 0) is 17.5 Å². The molecule has 0 bridgehead atoms. The van der Waals surface area contributed by atoms with Crippen LogP contribution >= 0.6 is 23.2 Å². The Morgan fingerprint density at radius 3 is 2.20 bits per heavy atom. The molecule has 238 valence electrons. The van der Waals surface area contributed by atoms with Crippen molar-refractivity contribution in [2.45, 2.75) is 40.4 Å². The van der Waals surface area contributed by atoms with E-state index in [4.69, 9.17) is 37.1 Å². The largest absolute Gasteiger partial charge is 0.453 e. The molecule has 1 heterocycles. The van der Waals surface area contributed by atoms with Gasteiger partial charge >= 0.3 is 12.1 Å². The van der Waals surface area contributed by atoms with Gasteiger partial charge in [-0.15, -0.1) is 0 Å². The standard InChI is InChI=1S/C34H32Cl2F3NO5/c1-20(2)17-40(18-21(3)4)19-26-28(44-29(41)16-9-22-7-5-6-8-27(22)36)15-14-25-30(42)32(33(34(37,38)39)45-31(25)26)43-24-12-10-23(35)11-13-24/h5-16,20-21H,17-19H2,1-4H3. The number of esters is 1. The molecular weight excluding hydrogens is 630 g/mol. The Balaban J connectivity index is 1.87. The zero-order chi connectivity index (χ0) is 32.9. The molecule has 0 radical (unpaired) electrons. The molecule has 0 aliphatic carbocycles. The van der Waals surface area contributed by atoms with Gasteiger partial charge in [-0.2, -0.15) is 13.2 Å². The highest BCUT2D eigenvalue weighted by molar-refractivity contribution is 6.32. The minimum atomic E-state index is -5.09. The third-order valence-corrected chi connectivity index (χ3v) is 7.11. The molecule has 6 nitrogen and oxygen atoms in total. The molecule has 11 heteroatoms. The predicted molar refractivity (Wildman–Crippen MR) is 170 cm³/mol. The van der Waals surface area contributed by atoms with Crippen LogP contribution in [-0.4, -0.2) is 24.0 Å². The van der Waals surface area contributed by atoms with E-state index in [-0.39, 0.29) is 46.4 Å². The van der Waals surface area contributed by atoms with Crippen molar-refractivity contribution < 1.29 is 31.9 Å². The second kappa shape index (κ2) is 14.5. The third kappa shape index (κ3) is 8.90. The van der Waals surface area contributed by atoms with E-state index in [1.54, 1.807) is 24.3 Å². The summed E-state index contributed by atoms with van der Waals surface area (Å²) in [5.41, 5.74) is -0.693. The Morgan fingerprint density at radius 2 is 1.60 bits per heavy atom. The smallest absolute Gasteiger partial charge is 0.449 e. The number of benzene rings is 3. The van der Waals surface area contributed by atoms with E-state index >= 15 is 0 Å². The minimum Gasteiger partial charge on any atom is -0.449 e. The fraction of sp³-hybridized carbons (Fsp3) is 0.294. The van der Waals surface area contributed by atoms with Crippen LogP contribution in [0.2, 0.25) is 10.0 Å². The molecular formula is C34H32Cl2F3NO5. The molecule has 0 fully saturated rings. The first-order valence-corrected chi connectivity index (χ1v) is 15.0. The molecule has 0 saturated heterocycles. The van der Waals surface area contributed by atoms with E-state index in [0.717, 1.165) is 6.08 Å². The van der Waals surface area contributed by atoms with Crippen LogP contribution < -0.4 is 14.9 Å². The molecule has 4 rings (SSSR count). The number of fused-ring (bicyclic) bond motifs is 1. The molecule has 45 heavy (non-hydrogen) atoms. The number of alkyl halides is 3. The van der Waals surface area contributed by atoms with Gasteiger partial charge in [0.25, 0.3) is 5.76 Å². The highest BCUT2D eigenvalue weighted by Gasteiger charge is 2.41. The van der Waals surface area contributed by atoms with Crippen molar-refractivity contribution in [2.24, 2.45) is 11.8 Å². The minimum absolute atomic E-state index is 0.0346. The molecule has 4 aromatic rings. The number of halogens is 5. The van der Waals surface area contributed by atoms with Crippen molar-refractivity contribution in [3.63, 3.8) is 0 Å².